The fourth-order valence-electron chi connectivity index (χ4n) is 3.48. The Kier molecular flexibility index (Phi) is 5.93. The minimum Gasteiger partial charge on any atom is -0.392 e. The maximum absolute atomic E-state index is 10.0. The standard InChI is InChI=1S/C15H30N2O/c1-13(17-8-4-5-9-17)11-16-12-15(18)10-14-6-2-3-7-14/h13-16,18H,2-12H2,1H3. The van der Waals surface area contributed by atoms with E-state index >= 15 is 0 Å². The topological polar surface area (TPSA) is 35.5 Å². The van der Waals surface area contributed by atoms with E-state index in [4.69, 9.17) is 0 Å². The number of likely N-dealkylation sites (tertiary alicyclic amines) is 1. The van der Waals surface area contributed by atoms with Crippen molar-refractivity contribution in [2.75, 3.05) is 26.2 Å². The normalized spacial score (nSPS) is 25.7. The van der Waals surface area contributed by atoms with Gasteiger partial charge in [0, 0.05) is 19.1 Å². The van der Waals surface area contributed by atoms with E-state index in [9.17, 15) is 5.11 Å². The molecule has 0 aromatic carbocycles. The first kappa shape index (κ1) is 14.3. The Morgan fingerprint density at radius 1 is 1.11 bits per heavy atom. The fraction of sp³-hybridized carbons (Fsp3) is 1.00. The van der Waals surface area contributed by atoms with Crippen molar-refractivity contribution in [3.05, 3.63) is 0 Å². The van der Waals surface area contributed by atoms with Gasteiger partial charge in [0.1, 0.15) is 0 Å². The van der Waals surface area contributed by atoms with Crippen LogP contribution in [0.15, 0.2) is 0 Å². The number of nitrogens with one attached hydrogen (secondary N) is 1. The van der Waals surface area contributed by atoms with E-state index in [2.05, 4.69) is 17.1 Å². The average molecular weight is 254 g/mol. The number of nitrogens with zero attached hydrogens (tertiary/aromatic N) is 1. The molecular formula is C15H30N2O. The van der Waals surface area contributed by atoms with Gasteiger partial charge >= 0.3 is 0 Å². The van der Waals surface area contributed by atoms with Gasteiger partial charge in [-0.3, -0.25) is 4.90 Å². The molecule has 18 heavy (non-hydrogen) atoms. The molecule has 0 radical (unpaired) electrons. The molecule has 2 fully saturated rings. The van der Waals surface area contributed by atoms with Gasteiger partial charge in [-0.1, -0.05) is 25.7 Å². The second-order valence-electron chi connectivity index (χ2n) is 6.29. The number of hydrogen-bond donors (Lipinski definition) is 2. The van der Waals surface area contributed by atoms with E-state index in [1.54, 1.807) is 0 Å². The third-order valence-corrected chi connectivity index (χ3v) is 4.66. The Labute approximate surface area is 112 Å². The summed E-state index contributed by atoms with van der Waals surface area (Å²) in [5, 5.41) is 13.5. The lowest BCUT2D eigenvalue weighted by atomic mass is 10.00. The van der Waals surface area contributed by atoms with Crippen LogP contribution in [0.4, 0.5) is 0 Å². The smallest absolute Gasteiger partial charge is 0.0667 e. The van der Waals surface area contributed by atoms with Gasteiger partial charge in [-0.05, 0) is 45.2 Å². The minimum absolute atomic E-state index is 0.140. The summed E-state index contributed by atoms with van der Waals surface area (Å²) in [6.45, 7) is 6.60. The largest absolute Gasteiger partial charge is 0.392 e. The fourth-order valence-corrected chi connectivity index (χ4v) is 3.48. The van der Waals surface area contributed by atoms with Crippen LogP contribution in [-0.4, -0.2) is 48.3 Å². The first-order valence-corrected chi connectivity index (χ1v) is 7.88. The molecule has 0 bridgehead atoms. The SMILES string of the molecule is CC(CNCC(O)CC1CCCC1)N1CCCC1. The van der Waals surface area contributed by atoms with Gasteiger partial charge in [-0.2, -0.15) is 0 Å². The second kappa shape index (κ2) is 7.46. The van der Waals surface area contributed by atoms with Crippen LogP contribution < -0.4 is 5.32 Å². The average Bonchev–Trinajstić information content (AvgIpc) is 3.00. The van der Waals surface area contributed by atoms with E-state index in [0.29, 0.717) is 6.04 Å². The zero-order valence-corrected chi connectivity index (χ0v) is 11.9. The van der Waals surface area contributed by atoms with Crippen molar-refractivity contribution >= 4 is 0 Å². The summed E-state index contributed by atoms with van der Waals surface area (Å²) < 4.78 is 0. The molecule has 106 valence electrons. The Balaban J connectivity index is 1.53. The van der Waals surface area contributed by atoms with E-state index in [0.717, 1.165) is 25.4 Å². The van der Waals surface area contributed by atoms with Gasteiger partial charge in [0.15, 0.2) is 0 Å². The van der Waals surface area contributed by atoms with Crippen LogP contribution in [-0.2, 0) is 0 Å². The molecular weight excluding hydrogens is 224 g/mol. The highest BCUT2D eigenvalue weighted by atomic mass is 16.3. The van der Waals surface area contributed by atoms with Crippen LogP contribution in [0.5, 0.6) is 0 Å². The minimum atomic E-state index is -0.140. The van der Waals surface area contributed by atoms with Crippen molar-refractivity contribution in [1.29, 1.82) is 0 Å². The second-order valence-corrected chi connectivity index (χ2v) is 6.29. The molecule has 0 spiro atoms. The van der Waals surface area contributed by atoms with Gasteiger partial charge < -0.3 is 10.4 Å². The Bertz CT molecular complexity index is 223. The van der Waals surface area contributed by atoms with E-state index in [1.165, 1.54) is 51.6 Å². The molecule has 0 aromatic rings. The number of rotatable bonds is 7. The highest BCUT2D eigenvalue weighted by molar-refractivity contribution is 4.76. The van der Waals surface area contributed by atoms with Crippen LogP contribution in [0, 0.1) is 5.92 Å². The molecule has 3 nitrogen and oxygen atoms in total. The van der Waals surface area contributed by atoms with E-state index in [-0.39, 0.29) is 6.10 Å². The molecule has 1 heterocycles. The maximum atomic E-state index is 10.0. The third-order valence-electron chi connectivity index (χ3n) is 4.66. The number of hydrogen-bond acceptors (Lipinski definition) is 3. The van der Waals surface area contributed by atoms with Crippen LogP contribution in [0.2, 0.25) is 0 Å². The Morgan fingerprint density at radius 2 is 1.78 bits per heavy atom. The summed E-state index contributed by atoms with van der Waals surface area (Å²) >= 11 is 0. The summed E-state index contributed by atoms with van der Waals surface area (Å²) in [7, 11) is 0. The van der Waals surface area contributed by atoms with Gasteiger partial charge in [0.2, 0.25) is 0 Å². The first-order chi connectivity index (χ1) is 8.75. The van der Waals surface area contributed by atoms with Crippen LogP contribution in [0.25, 0.3) is 0 Å². The first-order valence-electron chi connectivity index (χ1n) is 7.88. The van der Waals surface area contributed by atoms with Gasteiger partial charge in [-0.25, -0.2) is 0 Å². The molecule has 1 saturated heterocycles. The highest BCUT2D eigenvalue weighted by Crippen LogP contribution is 2.28. The maximum Gasteiger partial charge on any atom is 0.0667 e. The lowest BCUT2D eigenvalue weighted by Crippen LogP contribution is -2.41. The predicted molar refractivity (Wildman–Crippen MR) is 75.7 cm³/mol. The van der Waals surface area contributed by atoms with Crippen molar-refractivity contribution in [2.24, 2.45) is 5.92 Å². The number of aliphatic hydroxyl groups is 1. The lowest BCUT2D eigenvalue weighted by molar-refractivity contribution is 0.137. The molecule has 2 unspecified atom stereocenters. The Hall–Kier alpha value is -0.120. The molecule has 0 amide bonds. The summed E-state index contributed by atoms with van der Waals surface area (Å²) in [5.74, 6) is 0.790. The number of aliphatic hydroxyl groups excluding tert-OH is 1. The lowest BCUT2D eigenvalue weighted by Gasteiger charge is -2.25. The van der Waals surface area contributed by atoms with Crippen LogP contribution >= 0.6 is 0 Å². The van der Waals surface area contributed by atoms with E-state index in [1.807, 2.05) is 0 Å². The van der Waals surface area contributed by atoms with Crippen molar-refractivity contribution in [3.8, 4) is 0 Å². The molecule has 2 N–H and O–H groups in total. The van der Waals surface area contributed by atoms with Crippen molar-refractivity contribution in [3.63, 3.8) is 0 Å². The molecule has 1 aliphatic carbocycles. The molecule has 2 rings (SSSR count). The molecule has 1 saturated carbocycles. The highest BCUT2D eigenvalue weighted by Gasteiger charge is 2.20. The molecule has 2 atom stereocenters. The van der Waals surface area contributed by atoms with Crippen LogP contribution in [0.3, 0.4) is 0 Å². The molecule has 3 heteroatoms. The Morgan fingerprint density at radius 3 is 2.44 bits per heavy atom. The molecule has 0 aromatic heterocycles. The van der Waals surface area contributed by atoms with Crippen molar-refractivity contribution in [2.45, 2.75) is 64.0 Å². The summed E-state index contributed by atoms with van der Waals surface area (Å²) in [6, 6.07) is 0.617. The van der Waals surface area contributed by atoms with E-state index < -0.39 is 0 Å². The third kappa shape index (κ3) is 4.52. The molecule has 1 aliphatic heterocycles. The zero-order chi connectivity index (χ0) is 12.8. The predicted octanol–water partition coefficient (Wildman–Crippen LogP) is 2.00. The van der Waals surface area contributed by atoms with Gasteiger partial charge in [-0.15, -0.1) is 0 Å². The summed E-state index contributed by atoms with van der Waals surface area (Å²) in [6.07, 6.45) is 8.99. The monoisotopic (exact) mass is 254 g/mol. The summed E-state index contributed by atoms with van der Waals surface area (Å²) in [4.78, 5) is 2.55. The zero-order valence-electron chi connectivity index (χ0n) is 11.9. The van der Waals surface area contributed by atoms with Crippen LogP contribution in [0.1, 0.15) is 51.9 Å². The van der Waals surface area contributed by atoms with Crippen molar-refractivity contribution in [1.82, 2.24) is 10.2 Å². The molecule has 2 aliphatic rings. The van der Waals surface area contributed by atoms with Gasteiger partial charge in [0.25, 0.3) is 0 Å². The summed E-state index contributed by atoms with van der Waals surface area (Å²) in [5.41, 5.74) is 0. The van der Waals surface area contributed by atoms with Crippen molar-refractivity contribution < 1.29 is 5.11 Å². The quantitative estimate of drug-likeness (QED) is 0.729. The van der Waals surface area contributed by atoms with Gasteiger partial charge in [0.05, 0.1) is 6.10 Å².